The lowest BCUT2D eigenvalue weighted by Crippen LogP contribution is -2.15. The van der Waals surface area contributed by atoms with Gasteiger partial charge in [0.2, 0.25) is 0 Å². The minimum atomic E-state index is 0.0659. The molecule has 5 heteroatoms. The molecule has 0 bridgehead atoms. The van der Waals surface area contributed by atoms with Gasteiger partial charge >= 0.3 is 0 Å². The molecule has 3 N–H and O–H groups in total. The number of nitrogens with one attached hydrogen (secondary N) is 1. The van der Waals surface area contributed by atoms with Gasteiger partial charge in [-0.15, -0.1) is 0 Å². The van der Waals surface area contributed by atoms with E-state index in [1.807, 2.05) is 39.0 Å². The number of benzene rings is 1. The number of rotatable bonds is 4. The van der Waals surface area contributed by atoms with Crippen LogP contribution >= 0.6 is 12.2 Å². The summed E-state index contributed by atoms with van der Waals surface area (Å²) in [5, 5.41) is 7.44. The van der Waals surface area contributed by atoms with Gasteiger partial charge < -0.3 is 15.6 Å². The number of nitrogens with two attached hydrogens (primary N) is 1. The van der Waals surface area contributed by atoms with Crippen LogP contribution in [-0.4, -0.2) is 10.1 Å². The highest BCUT2D eigenvalue weighted by Crippen LogP contribution is 2.27. The van der Waals surface area contributed by atoms with Crippen LogP contribution in [0.3, 0.4) is 0 Å². The van der Waals surface area contributed by atoms with E-state index in [1.165, 1.54) is 0 Å². The largest absolute Gasteiger partial charge is 0.389 e. The minimum absolute atomic E-state index is 0.0659. The van der Waals surface area contributed by atoms with Crippen molar-refractivity contribution in [3.8, 4) is 0 Å². The number of anilines is 1. The van der Waals surface area contributed by atoms with Crippen LogP contribution in [-0.2, 0) is 0 Å². The number of nitrogens with zero attached hydrogens (tertiary/aromatic N) is 1. The van der Waals surface area contributed by atoms with Crippen molar-refractivity contribution in [3.63, 3.8) is 0 Å². The maximum absolute atomic E-state index is 5.78. The minimum Gasteiger partial charge on any atom is -0.389 e. The summed E-state index contributed by atoms with van der Waals surface area (Å²) in [6.45, 7) is 7.96. The monoisotopic (exact) mass is 289 g/mol. The molecule has 0 aliphatic carbocycles. The van der Waals surface area contributed by atoms with Crippen LogP contribution in [0.1, 0.15) is 41.1 Å². The highest BCUT2D eigenvalue weighted by molar-refractivity contribution is 7.80. The SMILES string of the molecule is Cc1ccc(C(N)=S)c(NC(C)c2c(C)noc2C)c1. The van der Waals surface area contributed by atoms with Crippen LogP contribution < -0.4 is 11.1 Å². The summed E-state index contributed by atoms with van der Waals surface area (Å²) in [5.74, 6) is 0.826. The summed E-state index contributed by atoms with van der Waals surface area (Å²) in [6.07, 6.45) is 0. The second kappa shape index (κ2) is 5.63. The van der Waals surface area contributed by atoms with Crippen molar-refractivity contribution in [2.75, 3.05) is 5.32 Å². The first kappa shape index (κ1) is 14.5. The summed E-state index contributed by atoms with van der Waals surface area (Å²) in [4.78, 5) is 0.387. The fraction of sp³-hybridized carbons (Fsp3) is 0.333. The van der Waals surface area contributed by atoms with E-state index >= 15 is 0 Å². The predicted molar refractivity (Wildman–Crippen MR) is 85.1 cm³/mol. The second-order valence-electron chi connectivity index (χ2n) is 5.02. The predicted octanol–water partition coefficient (Wildman–Crippen LogP) is 3.41. The molecule has 0 aliphatic rings. The molecule has 1 aromatic heterocycles. The van der Waals surface area contributed by atoms with Crippen molar-refractivity contribution >= 4 is 22.9 Å². The Balaban J connectivity index is 2.35. The van der Waals surface area contributed by atoms with Crippen molar-refractivity contribution in [2.45, 2.75) is 33.7 Å². The van der Waals surface area contributed by atoms with Gasteiger partial charge in [0.15, 0.2) is 0 Å². The third-order valence-corrected chi connectivity index (χ3v) is 3.55. The number of aryl methyl sites for hydroxylation is 3. The molecule has 0 saturated carbocycles. The van der Waals surface area contributed by atoms with Gasteiger partial charge in [0.1, 0.15) is 10.7 Å². The maximum atomic E-state index is 5.78. The summed E-state index contributed by atoms with van der Waals surface area (Å²) in [5.41, 5.74) is 10.7. The van der Waals surface area contributed by atoms with Crippen molar-refractivity contribution in [1.29, 1.82) is 0 Å². The quantitative estimate of drug-likeness (QED) is 0.844. The molecule has 0 aliphatic heterocycles. The topological polar surface area (TPSA) is 64.1 Å². The third kappa shape index (κ3) is 2.82. The van der Waals surface area contributed by atoms with Gasteiger partial charge in [-0.3, -0.25) is 0 Å². The lowest BCUT2D eigenvalue weighted by molar-refractivity contribution is 0.392. The molecule has 2 aromatic rings. The normalized spacial score (nSPS) is 12.2. The first-order valence-electron chi connectivity index (χ1n) is 6.50. The summed E-state index contributed by atoms with van der Waals surface area (Å²) in [6, 6.07) is 6.06. The van der Waals surface area contributed by atoms with Crippen molar-refractivity contribution in [3.05, 3.63) is 46.3 Å². The zero-order valence-corrected chi connectivity index (χ0v) is 13.0. The van der Waals surface area contributed by atoms with E-state index in [0.717, 1.165) is 33.8 Å². The van der Waals surface area contributed by atoms with Crippen LogP contribution in [0.5, 0.6) is 0 Å². The molecule has 0 spiro atoms. The molecule has 1 aromatic carbocycles. The van der Waals surface area contributed by atoms with Crippen LogP contribution in [0.4, 0.5) is 5.69 Å². The fourth-order valence-corrected chi connectivity index (χ4v) is 2.58. The lowest BCUT2D eigenvalue weighted by atomic mass is 10.0. The molecule has 2 rings (SSSR count). The highest BCUT2D eigenvalue weighted by Gasteiger charge is 2.17. The fourth-order valence-electron chi connectivity index (χ4n) is 2.41. The first-order valence-corrected chi connectivity index (χ1v) is 6.90. The van der Waals surface area contributed by atoms with E-state index in [1.54, 1.807) is 0 Å². The van der Waals surface area contributed by atoms with Gasteiger partial charge in [-0.2, -0.15) is 0 Å². The Morgan fingerprint density at radius 2 is 2.05 bits per heavy atom. The van der Waals surface area contributed by atoms with E-state index < -0.39 is 0 Å². The Bertz CT molecular complexity index is 629. The molecule has 0 saturated heterocycles. The average molecular weight is 289 g/mol. The van der Waals surface area contributed by atoms with Crippen LogP contribution in [0.15, 0.2) is 22.7 Å². The Morgan fingerprint density at radius 1 is 1.35 bits per heavy atom. The Labute approximate surface area is 124 Å². The molecule has 106 valence electrons. The molecule has 4 nitrogen and oxygen atoms in total. The van der Waals surface area contributed by atoms with Gasteiger partial charge in [-0.05, 0) is 45.4 Å². The number of aromatic nitrogens is 1. The smallest absolute Gasteiger partial charge is 0.139 e. The number of hydrogen-bond donors (Lipinski definition) is 2. The van der Waals surface area contributed by atoms with Gasteiger partial charge in [-0.25, -0.2) is 0 Å². The summed E-state index contributed by atoms with van der Waals surface area (Å²) in [7, 11) is 0. The molecule has 0 amide bonds. The lowest BCUT2D eigenvalue weighted by Gasteiger charge is -2.18. The van der Waals surface area contributed by atoms with E-state index in [0.29, 0.717) is 4.99 Å². The van der Waals surface area contributed by atoms with Gasteiger partial charge in [0.25, 0.3) is 0 Å². The number of hydrogen-bond acceptors (Lipinski definition) is 4. The standard InChI is InChI=1S/C15H19N3OS/c1-8-5-6-12(15(16)20)13(7-8)17-9(2)14-10(3)18-19-11(14)4/h5-7,9,17H,1-4H3,(H2,16,20). The highest BCUT2D eigenvalue weighted by atomic mass is 32.1. The number of thiocarbonyl (C=S) groups is 1. The van der Waals surface area contributed by atoms with E-state index in [2.05, 4.69) is 17.4 Å². The molecule has 0 fully saturated rings. The summed E-state index contributed by atoms with van der Waals surface area (Å²) >= 11 is 5.10. The zero-order chi connectivity index (χ0) is 14.9. The first-order chi connectivity index (χ1) is 9.40. The molecule has 0 radical (unpaired) electrons. The van der Waals surface area contributed by atoms with E-state index in [4.69, 9.17) is 22.5 Å². The molecular formula is C15H19N3OS. The molecule has 1 atom stereocenters. The zero-order valence-electron chi connectivity index (χ0n) is 12.2. The Morgan fingerprint density at radius 3 is 2.60 bits per heavy atom. The van der Waals surface area contributed by atoms with Gasteiger partial charge in [0, 0.05) is 16.8 Å². The van der Waals surface area contributed by atoms with Crippen molar-refractivity contribution in [2.24, 2.45) is 5.73 Å². The van der Waals surface area contributed by atoms with Gasteiger partial charge in [0.05, 0.1) is 11.7 Å². The summed E-state index contributed by atoms with van der Waals surface area (Å²) < 4.78 is 5.22. The Hall–Kier alpha value is -1.88. The van der Waals surface area contributed by atoms with Crippen LogP contribution in [0.2, 0.25) is 0 Å². The van der Waals surface area contributed by atoms with E-state index in [9.17, 15) is 0 Å². The van der Waals surface area contributed by atoms with Crippen molar-refractivity contribution < 1.29 is 4.52 Å². The third-order valence-electron chi connectivity index (χ3n) is 3.33. The van der Waals surface area contributed by atoms with Crippen LogP contribution in [0.25, 0.3) is 0 Å². The maximum Gasteiger partial charge on any atom is 0.139 e. The molecule has 20 heavy (non-hydrogen) atoms. The average Bonchev–Trinajstić information content (AvgIpc) is 2.68. The Kier molecular flexibility index (Phi) is 4.09. The van der Waals surface area contributed by atoms with Gasteiger partial charge in [-0.1, -0.05) is 23.4 Å². The van der Waals surface area contributed by atoms with E-state index in [-0.39, 0.29) is 6.04 Å². The molecular weight excluding hydrogens is 270 g/mol. The molecule has 1 unspecified atom stereocenters. The van der Waals surface area contributed by atoms with Crippen LogP contribution in [0, 0.1) is 20.8 Å². The van der Waals surface area contributed by atoms with Crippen molar-refractivity contribution in [1.82, 2.24) is 5.16 Å². The molecule has 1 heterocycles. The second-order valence-corrected chi connectivity index (χ2v) is 5.46.